The van der Waals surface area contributed by atoms with E-state index in [9.17, 15) is 9.59 Å². The van der Waals surface area contributed by atoms with E-state index in [1.165, 1.54) is 16.7 Å². The van der Waals surface area contributed by atoms with Gasteiger partial charge in [-0.3, -0.25) is 9.59 Å². The summed E-state index contributed by atoms with van der Waals surface area (Å²) in [6.45, 7) is 1.57. The second-order valence-electron chi connectivity index (χ2n) is 7.05. The molecule has 0 saturated carbocycles. The maximum Gasteiger partial charge on any atom is 0.318 e. The highest BCUT2D eigenvalue weighted by atomic mass is 16.6. The summed E-state index contributed by atoms with van der Waals surface area (Å²) in [5.74, 6) is 0.227. The van der Waals surface area contributed by atoms with Crippen LogP contribution in [0.4, 0.5) is 0 Å². The van der Waals surface area contributed by atoms with Crippen LogP contribution in [-0.4, -0.2) is 25.2 Å². The first-order valence-electron chi connectivity index (χ1n) is 7.98. The highest BCUT2D eigenvalue weighted by molar-refractivity contribution is 5.97. The van der Waals surface area contributed by atoms with Crippen molar-refractivity contribution in [2.45, 2.75) is 25.7 Å². The van der Waals surface area contributed by atoms with Crippen molar-refractivity contribution in [3.63, 3.8) is 0 Å². The third-order valence-corrected chi connectivity index (χ3v) is 6.17. The van der Waals surface area contributed by atoms with Gasteiger partial charge in [0.15, 0.2) is 0 Å². The summed E-state index contributed by atoms with van der Waals surface area (Å²) in [4.78, 5) is 24.1. The molecule has 0 spiro atoms. The number of esters is 2. The van der Waals surface area contributed by atoms with Crippen molar-refractivity contribution in [1.29, 1.82) is 0 Å². The quantitative estimate of drug-likeness (QED) is 0.388. The third-order valence-electron chi connectivity index (χ3n) is 6.17. The number of ether oxygens (including phenoxy) is 2. The second kappa shape index (κ2) is 4.07. The SMILES string of the molecule is O=C1OC(=O)[C@H]2CC3=C4[C@@H]5C(=CC[C@H]4[C@@H]12)COC[C@H]5CC3. The van der Waals surface area contributed by atoms with Crippen LogP contribution >= 0.6 is 0 Å². The molecule has 110 valence electrons. The first-order valence-corrected chi connectivity index (χ1v) is 7.98. The van der Waals surface area contributed by atoms with Crippen molar-refractivity contribution in [3.05, 3.63) is 22.8 Å². The first-order chi connectivity index (χ1) is 10.2. The molecular formula is C17H18O4. The molecular weight excluding hydrogens is 268 g/mol. The van der Waals surface area contributed by atoms with E-state index in [-0.39, 0.29) is 29.7 Å². The zero-order valence-corrected chi connectivity index (χ0v) is 11.8. The maximum absolute atomic E-state index is 12.1. The molecule has 0 unspecified atom stereocenters. The molecule has 0 aromatic rings. The highest BCUT2D eigenvalue weighted by Gasteiger charge is 2.56. The van der Waals surface area contributed by atoms with Gasteiger partial charge < -0.3 is 9.47 Å². The molecule has 2 heterocycles. The molecule has 2 saturated heterocycles. The predicted octanol–water partition coefficient (Wildman–Crippen LogP) is 2.01. The molecule has 0 N–H and O–H groups in total. The van der Waals surface area contributed by atoms with Crippen LogP contribution in [0.3, 0.4) is 0 Å². The summed E-state index contributed by atoms with van der Waals surface area (Å²) in [6.07, 6.45) is 6.09. The van der Waals surface area contributed by atoms with Crippen LogP contribution in [0.15, 0.2) is 22.8 Å². The van der Waals surface area contributed by atoms with Gasteiger partial charge in [-0.25, -0.2) is 0 Å². The van der Waals surface area contributed by atoms with Gasteiger partial charge in [-0.2, -0.15) is 0 Å². The van der Waals surface area contributed by atoms with Crippen molar-refractivity contribution in [1.82, 2.24) is 0 Å². The lowest BCUT2D eigenvalue weighted by molar-refractivity contribution is -0.154. The predicted molar refractivity (Wildman–Crippen MR) is 72.9 cm³/mol. The van der Waals surface area contributed by atoms with Gasteiger partial charge in [0.05, 0.1) is 25.0 Å². The Hall–Kier alpha value is -1.42. The first kappa shape index (κ1) is 12.2. The van der Waals surface area contributed by atoms with E-state index >= 15 is 0 Å². The van der Waals surface area contributed by atoms with Crippen LogP contribution in [0.1, 0.15) is 25.7 Å². The summed E-state index contributed by atoms with van der Waals surface area (Å²) in [6, 6.07) is 0. The Morgan fingerprint density at radius 2 is 2.05 bits per heavy atom. The standard InChI is InChI=1S/C17H18O4/c18-16-12-5-8-1-2-9-6-20-7-10-3-4-11(14(8)13(9)10)15(12)17(19)21-16/h3,9,11-13,15H,1-2,4-7H2/t9-,11-,12+,13+,15-/m1/s1. The molecule has 0 amide bonds. The van der Waals surface area contributed by atoms with Gasteiger partial charge in [-0.05, 0) is 43.1 Å². The summed E-state index contributed by atoms with van der Waals surface area (Å²) in [5.41, 5.74) is 4.34. The smallest absolute Gasteiger partial charge is 0.318 e. The van der Waals surface area contributed by atoms with Crippen molar-refractivity contribution >= 4 is 11.9 Å². The lowest BCUT2D eigenvalue weighted by Gasteiger charge is -2.49. The minimum Gasteiger partial charge on any atom is -0.393 e. The average Bonchev–Trinajstić information content (AvgIpc) is 2.79. The minimum absolute atomic E-state index is 0.201. The summed E-state index contributed by atoms with van der Waals surface area (Å²) >= 11 is 0. The third kappa shape index (κ3) is 1.49. The Kier molecular flexibility index (Phi) is 2.35. The molecule has 5 rings (SSSR count). The van der Waals surface area contributed by atoms with Crippen LogP contribution in [0.5, 0.6) is 0 Å². The van der Waals surface area contributed by atoms with Gasteiger partial charge in [0.25, 0.3) is 0 Å². The summed E-state index contributed by atoms with van der Waals surface area (Å²) in [5, 5.41) is 0. The number of rotatable bonds is 0. The van der Waals surface area contributed by atoms with E-state index in [0.29, 0.717) is 11.8 Å². The molecule has 2 aliphatic heterocycles. The fourth-order valence-electron chi connectivity index (χ4n) is 5.36. The molecule has 4 heteroatoms. The lowest BCUT2D eigenvalue weighted by Crippen LogP contribution is -2.44. The van der Waals surface area contributed by atoms with Crippen LogP contribution in [-0.2, 0) is 19.1 Å². The fraction of sp³-hybridized carbons (Fsp3) is 0.647. The van der Waals surface area contributed by atoms with E-state index in [2.05, 4.69) is 6.08 Å². The van der Waals surface area contributed by atoms with Crippen LogP contribution in [0.2, 0.25) is 0 Å². The lowest BCUT2D eigenvalue weighted by atomic mass is 9.56. The van der Waals surface area contributed by atoms with Gasteiger partial charge in [0.1, 0.15) is 0 Å². The second-order valence-corrected chi connectivity index (χ2v) is 7.05. The van der Waals surface area contributed by atoms with Crippen LogP contribution in [0, 0.1) is 29.6 Å². The highest BCUT2D eigenvalue weighted by Crippen LogP contribution is 2.56. The summed E-state index contributed by atoms with van der Waals surface area (Å²) < 4.78 is 10.7. The van der Waals surface area contributed by atoms with Crippen molar-refractivity contribution < 1.29 is 19.1 Å². The number of carbonyl (C=O) groups excluding carboxylic acids is 2. The topological polar surface area (TPSA) is 52.6 Å². The number of carbonyl (C=O) groups is 2. The van der Waals surface area contributed by atoms with E-state index in [4.69, 9.17) is 9.47 Å². The fourth-order valence-corrected chi connectivity index (χ4v) is 5.36. The average molecular weight is 286 g/mol. The Bertz CT molecular complexity index is 614. The molecule has 0 radical (unpaired) electrons. The Morgan fingerprint density at radius 1 is 1.14 bits per heavy atom. The minimum atomic E-state index is -0.291. The number of hydrogen-bond donors (Lipinski definition) is 0. The molecule has 0 aromatic carbocycles. The van der Waals surface area contributed by atoms with Crippen LogP contribution < -0.4 is 0 Å². The van der Waals surface area contributed by atoms with E-state index in [1.807, 2.05) is 0 Å². The molecule has 0 aromatic heterocycles. The van der Waals surface area contributed by atoms with Gasteiger partial charge in [0.2, 0.25) is 0 Å². The largest absolute Gasteiger partial charge is 0.393 e. The van der Waals surface area contributed by atoms with Gasteiger partial charge >= 0.3 is 11.9 Å². The zero-order chi connectivity index (χ0) is 14.1. The van der Waals surface area contributed by atoms with Gasteiger partial charge in [-0.15, -0.1) is 0 Å². The molecule has 0 bridgehead atoms. The summed E-state index contributed by atoms with van der Waals surface area (Å²) in [7, 11) is 0. The Labute approximate surface area is 123 Å². The van der Waals surface area contributed by atoms with Crippen molar-refractivity contribution in [2.75, 3.05) is 13.2 Å². The van der Waals surface area contributed by atoms with Gasteiger partial charge in [0, 0.05) is 5.92 Å². The van der Waals surface area contributed by atoms with Gasteiger partial charge in [-0.1, -0.05) is 17.2 Å². The van der Waals surface area contributed by atoms with E-state index < -0.39 is 0 Å². The number of allylic oxidation sites excluding steroid dienone is 3. The molecule has 5 aliphatic rings. The molecule has 5 atom stereocenters. The van der Waals surface area contributed by atoms with Crippen LogP contribution in [0.25, 0.3) is 0 Å². The normalized spacial score (nSPS) is 44.0. The van der Waals surface area contributed by atoms with E-state index in [0.717, 1.165) is 38.9 Å². The van der Waals surface area contributed by atoms with E-state index in [1.54, 1.807) is 0 Å². The number of hydrogen-bond acceptors (Lipinski definition) is 4. The zero-order valence-electron chi connectivity index (χ0n) is 11.8. The Morgan fingerprint density at radius 3 is 2.95 bits per heavy atom. The molecule has 2 fully saturated rings. The molecule has 3 aliphatic carbocycles. The van der Waals surface area contributed by atoms with Crippen molar-refractivity contribution in [3.8, 4) is 0 Å². The molecule has 4 nitrogen and oxygen atoms in total. The monoisotopic (exact) mass is 286 g/mol. The maximum atomic E-state index is 12.1. The molecule has 21 heavy (non-hydrogen) atoms. The Balaban J connectivity index is 1.65. The number of cyclic esters (lactones) is 2. The number of fused-ring (bicyclic) bond motifs is 2. The van der Waals surface area contributed by atoms with Crippen molar-refractivity contribution in [2.24, 2.45) is 29.6 Å².